The van der Waals surface area contributed by atoms with Gasteiger partial charge >= 0.3 is 0 Å². The Morgan fingerprint density at radius 3 is 2.30 bits per heavy atom. The lowest BCUT2D eigenvalue weighted by molar-refractivity contribution is -0.118. The minimum atomic E-state index is -0.143. The van der Waals surface area contributed by atoms with Crippen LogP contribution in [-0.2, 0) is 4.79 Å². The molecule has 0 saturated carbocycles. The Balaban J connectivity index is 1.83. The van der Waals surface area contributed by atoms with Crippen LogP contribution < -0.4 is 15.5 Å². The summed E-state index contributed by atoms with van der Waals surface area (Å²) in [6.07, 6.45) is 1.45. The highest BCUT2D eigenvalue weighted by atomic mass is 16.1. The first-order chi connectivity index (χ1) is 12.8. The molecule has 1 heterocycles. The Morgan fingerprint density at radius 1 is 0.963 bits per heavy atom. The second kappa shape index (κ2) is 6.45. The molecule has 0 radical (unpaired) electrons. The molecule has 2 aliphatic rings. The summed E-state index contributed by atoms with van der Waals surface area (Å²) >= 11 is 0. The van der Waals surface area contributed by atoms with Crippen LogP contribution in [0.3, 0.4) is 0 Å². The number of nitrogens with zero attached hydrogens (tertiary/aromatic N) is 1. The summed E-state index contributed by atoms with van der Waals surface area (Å²) in [7, 11) is 4.07. The van der Waals surface area contributed by atoms with Gasteiger partial charge in [-0.05, 0) is 41.7 Å². The fourth-order valence-electron chi connectivity index (χ4n) is 4.10. The maximum atomic E-state index is 13.2. The fourth-order valence-corrected chi connectivity index (χ4v) is 4.10. The van der Waals surface area contributed by atoms with Crippen LogP contribution in [0.15, 0.2) is 59.8 Å². The quantitative estimate of drug-likeness (QED) is 0.792. The maximum absolute atomic E-state index is 13.2. The maximum Gasteiger partial charge on any atom is 0.163 e. The van der Waals surface area contributed by atoms with E-state index in [9.17, 15) is 4.79 Å². The summed E-state index contributed by atoms with van der Waals surface area (Å²) in [5, 5.41) is 7.19. The van der Waals surface area contributed by atoms with Crippen molar-refractivity contribution in [1.29, 1.82) is 0 Å². The van der Waals surface area contributed by atoms with E-state index in [4.69, 9.17) is 0 Å². The zero-order valence-electron chi connectivity index (χ0n) is 16.5. The molecular formula is C23H27N3O. The van der Waals surface area contributed by atoms with Gasteiger partial charge in [0.1, 0.15) is 0 Å². The van der Waals surface area contributed by atoms with Crippen LogP contribution in [0.4, 0.5) is 17.1 Å². The van der Waals surface area contributed by atoms with Crippen molar-refractivity contribution in [2.45, 2.75) is 32.7 Å². The van der Waals surface area contributed by atoms with Gasteiger partial charge in [0, 0.05) is 37.5 Å². The predicted molar refractivity (Wildman–Crippen MR) is 112 cm³/mol. The molecule has 4 nitrogen and oxygen atoms in total. The van der Waals surface area contributed by atoms with Gasteiger partial charge < -0.3 is 15.5 Å². The molecule has 4 rings (SSSR count). The molecule has 0 spiro atoms. The van der Waals surface area contributed by atoms with Gasteiger partial charge in [0.15, 0.2) is 5.78 Å². The third kappa shape index (κ3) is 3.32. The van der Waals surface area contributed by atoms with Crippen molar-refractivity contribution >= 4 is 22.8 Å². The molecule has 2 N–H and O–H groups in total. The van der Waals surface area contributed by atoms with Crippen LogP contribution >= 0.6 is 0 Å². The molecule has 2 aromatic rings. The number of hydrogen-bond acceptors (Lipinski definition) is 4. The molecule has 140 valence electrons. The number of para-hydroxylation sites is 2. The van der Waals surface area contributed by atoms with E-state index < -0.39 is 0 Å². The second-order valence-electron chi connectivity index (χ2n) is 8.57. The minimum Gasteiger partial charge on any atom is -0.378 e. The molecule has 0 fully saturated rings. The van der Waals surface area contributed by atoms with Gasteiger partial charge in [0.2, 0.25) is 0 Å². The molecule has 4 heteroatoms. The normalized spacial score (nSPS) is 20.7. The number of anilines is 3. The molecular weight excluding hydrogens is 334 g/mol. The van der Waals surface area contributed by atoms with Gasteiger partial charge in [0.25, 0.3) is 0 Å². The monoisotopic (exact) mass is 361 g/mol. The number of ketones is 1. The summed E-state index contributed by atoms with van der Waals surface area (Å²) in [5.74, 6) is 0.232. The first-order valence-corrected chi connectivity index (χ1v) is 9.50. The molecule has 27 heavy (non-hydrogen) atoms. The smallest absolute Gasteiger partial charge is 0.163 e. The van der Waals surface area contributed by atoms with Crippen LogP contribution in [0, 0.1) is 5.41 Å². The van der Waals surface area contributed by atoms with E-state index in [2.05, 4.69) is 65.8 Å². The first kappa shape index (κ1) is 17.7. The first-order valence-electron chi connectivity index (χ1n) is 9.50. The van der Waals surface area contributed by atoms with Gasteiger partial charge in [-0.2, -0.15) is 0 Å². The van der Waals surface area contributed by atoms with Crippen molar-refractivity contribution in [1.82, 2.24) is 0 Å². The Labute approximate surface area is 161 Å². The molecule has 1 atom stereocenters. The summed E-state index contributed by atoms with van der Waals surface area (Å²) in [4.78, 5) is 15.2. The zero-order chi connectivity index (χ0) is 19.2. The second-order valence-corrected chi connectivity index (χ2v) is 8.57. The topological polar surface area (TPSA) is 44.4 Å². The van der Waals surface area contributed by atoms with Crippen molar-refractivity contribution in [3.05, 3.63) is 65.4 Å². The number of hydrogen-bond donors (Lipinski definition) is 2. The molecule has 0 saturated heterocycles. The lowest BCUT2D eigenvalue weighted by Crippen LogP contribution is -2.31. The fraction of sp³-hybridized carbons (Fsp3) is 0.348. The van der Waals surface area contributed by atoms with Crippen LogP contribution in [-0.4, -0.2) is 19.9 Å². The van der Waals surface area contributed by atoms with Gasteiger partial charge in [-0.1, -0.05) is 38.1 Å². The summed E-state index contributed by atoms with van der Waals surface area (Å²) in [6, 6.07) is 16.5. The van der Waals surface area contributed by atoms with Crippen molar-refractivity contribution in [2.75, 3.05) is 29.6 Å². The number of fused-ring (bicyclic) bond motifs is 1. The summed E-state index contributed by atoms with van der Waals surface area (Å²) in [5.41, 5.74) is 6.22. The van der Waals surface area contributed by atoms with E-state index in [1.54, 1.807) is 0 Å². The standard InChI is InChI=1S/C23H27N3O/c1-23(2)13-19-21(20(27)14-23)22(15-9-11-16(12-10-15)26(3)4)25-18-8-6-5-7-17(18)24-19/h5-12,22,24-25H,13-14H2,1-4H3. The number of nitrogens with one attached hydrogen (secondary N) is 2. The van der Waals surface area contributed by atoms with Crippen molar-refractivity contribution in [3.8, 4) is 0 Å². The Bertz CT molecular complexity index is 909. The van der Waals surface area contributed by atoms with Crippen molar-refractivity contribution in [2.24, 2.45) is 5.41 Å². The largest absolute Gasteiger partial charge is 0.378 e. The number of rotatable bonds is 2. The van der Waals surface area contributed by atoms with Crippen molar-refractivity contribution in [3.63, 3.8) is 0 Å². The Kier molecular flexibility index (Phi) is 4.22. The van der Waals surface area contributed by atoms with E-state index in [0.717, 1.165) is 40.3 Å². The molecule has 1 aliphatic heterocycles. The molecule has 0 aromatic heterocycles. The average molecular weight is 361 g/mol. The van der Waals surface area contributed by atoms with Crippen LogP contribution in [0.2, 0.25) is 0 Å². The zero-order valence-corrected chi connectivity index (χ0v) is 16.5. The number of carbonyl (C=O) groups is 1. The Hall–Kier alpha value is -2.75. The van der Waals surface area contributed by atoms with E-state index in [-0.39, 0.29) is 17.2 Å². The lowest BCUT2D eigenvalue weighted by atomic mass is 9.73. The molecule has 1 unspecified atom stereocenters. The van der Waals surface area contributed by atoms with Crippen molar-refractivity contribution < 1.29 is 4.79 Å². The highest BCUT2D eigenvalue weighted by Gasteiger charge is 2.38. The predicted octanol–water partition coefficient (Wildman–Crippen LogP) is 4.97. The third-order valence-electron chi connectivity index (χ3n) is 5.46. The highest BCUT2D eigenvalue weighted by Crippen LogP contribution is 2.45. The van der Waals surface area contributed by atoms with Crippen LogP contribution in [0.25, 0.3) is 0 Å². The molecule has 2 aromatic carbocycles. The SMILES string of the molecule is CN(C)c1ccc(C2Nc3ccccc3NC3=C2C(=O)CC(C)(C)C3)cc1. The molecule has 0 amide bonds. The average Bonchev–Trinajstić information content (AvgIpc) is 2.77. The number of Topliss-reactive ketones (excluding diaryl/α,β-unsaturated/α-hetero) is 1. The molecule has 0 bridgehead atoms. The van der Waals surface area contributed by atoms with Gasteiger partial charge in [-0.15, -0.1) is 0 Å². The molecule has 1 aliphatic carbocycles. The Morgan fingerprint density at radius 2 is 1.63 bits per heavy atom. The highest BCUT2D eigenvalue weighted by molar-refractivity contribution is 6.01. The van der Waals surface area contributed by atoms with E-state index >= 15 is 0 Å². The van der Waals surface area contributed by atoms with Gasteiger partial charge in [0.05, 0.1) is 17.4 Å². The number of carbonyl (C=O) groups excluding carboxylic acids is 1. The summed E-state index contributed by atoms with van der Waals surface area (Å²) < 4.78 is 0. The van der Waals surface area contributed by atoms with Crippen LogP contribution in [0.1, 0.15) is 38.3 Å². The minimum absolute atomic E-state index is 0.0263. The van der Waals surface area contributed by atoms with Crippen LogP contribution in [0.5, 0.6) is 0 Å². The van der Waals surface area contributed by atoms with E-state index in [0.29, 0.717) is 6.42 Å². The number of benzene rings is 2. The van der Waals surface area contributed by atoms with E-state index in [1.807, 2.05) is 26.2 Å². The third-order valence-corrected chi connectivity index (χ3v) is 5.46. The lowest BCUT2D eigenvalue weighted by Gasteiger charge is -2.34. The van der Waals surface area contributed by atoms with Gasteiger partial charge in [-0.25, -0.2) is 0 Å². The van der Waals surface area contributed by atoms with Gasteiger partial charge in [-0.3, -0.25) is 4.79 Å². The summed E-state index contributed by atoms with van der Waals surface area (Å²) in [6.45, 7) is 4.34. The number of allylic oxidation sites excluding steroid dienone is 1. The van der Waals surface area contributed by atoms with E-state index in [1.165, 1.54) is 0 Å².